The van der Waals surface area contributed by atoms with Gasteiger partial charge in [-0.25, -0.2) is 4.57 Å². The Balaban J connectivity index is 0.000000749. The molecule has 0 unspecified atom stereocenters. The lowest BCUT2D eigenvalue weighted by molar-refractivity contribution is 0.275. The van der Waals surface area contributed by atoms with Crippen molar-refractivity contribution >= 4 is 7.82 Å². The highest BCUT2D eigenvalue weighted by Gasteiger charge is 2.06. The van der Waals surface area contributed by atoms with Gasteiger partial charge in [0.25, 0.3) is 0 Å². The number of rotatable bonds is 11. The number of benzene rings is 2. The van der Waals surface area contributed by atoms with Crippen molar-refractivity contribution in [3.05, 3.63) is 59.7 Å². The molecule has 5 nitrogen and oxygen atoms in total. The Kier molecular flexibility index (Phi) is 12.6. The Bertz CT molecular complexity index is 719. The summed E-state index contributed by atoms with van der Waals surface area (Å²) in [6.45, 7) is 4.43. The molecule has 0 aromatic heterocycles. The first-order valence-electron chi connectivity index (χ1n) is 10.4. The predicted molar refractivity (Wildman–Crippen MR) is 118 cm³/mol. The normalized spacial score (nSPS) is 10.9. The van der Waals surface area contributed by atoms with Crippen molar-refractivity contribution in [1.82, 2.24) is 0 Å². The van der Waals surface area contributed by atoms with E-state index in [4.69, 9.17) is 24.0 Å². The molecule has 2 aromatic rings. The molecule has 0 bridgehead atoms. The molecule has 0 atom stereocenters. The first kappa shape index (κ1) is 25.4. The van der Waals surface area contributed by atoms with Crippen molar-refractivity contribution < 1.29 is 24.0 Å². The molecule has 0 aliphatic heterocycles. The largest absolute Gasteiger partial charge is 0.466 e. The quantitative estimate of drug-likeness (QED) is 0.283. The maximum absolute atomic E-state index is 8.88. The fourth-order valence-corrected chi connectivity index (χ4v) is 3.07. The van der Waals surface area contributed by atoms with E-state index < -0.39 is 7.82 Å². The minimum absolute atomic E-state index is 0.915. The summed E-state index contributed by atoms with van der Waals surface area (Å²) in [4.78, 5) is 21.6. The van der Waals surface area contributed by atoms with Crippen LogP contribution in [0.3, 0.4) is 0 Å². The molecular formula is C23H35O5P. The second-order valence-electron chi connectivity index (χ2n) is 7.26. The topological polar surface area (TPSA) is 87.0 Å². The lowest BCUT2D eigenvalue weighted by Crippen LogP contribution is -1.94. The number of unbranched alkanes of at least 4 members (excludes halogenated alkanes) is 7. The zero-order valence-corrected chi connectivity index (χ0v) is 18.5. The number of phosphoric acid groups is 1. The Morgan fingerprint density at radius 1 is 0.828 bits per heavy atom. The minimum atomic E-state index is -4.64. The molecule has 3 N–H and O–H groups in total. The molecule has 0 heterocycles. The predicted octanol–water partition coefficient (Wildman–Crippen LogP) is 6.54. The fourth-order valence-electron chi connectivity index (χ4n) is 3.07. The maximum Gasteiger partial charge on any atom is 0.466 e. The molecule has 0 amide bonds. The summed E-state index contributed by atoms with van der Waals surface area (Å²) in [5.41, 5.74) is 2.65. The van der Waals surface area contributed by atoms with Gasteiger partial charge in [0.1, 0.15) is 11.5 Å². The van der Waals surface area contributed by atoms with Crippen molar-refractivity contribution in [2.75, 3.05) is 0 Å². The van der Waals surface area contributed by atoms with Crippen LogP contribution in [0.15, 0.2) is 48.5 Å². The minimum Gasteiger partial charge on any atom is -0.457 e. The van der Waals surface area contributed by atoms with E-state index in [1.165, 1.54) is 62.5 Å². The fraction of sp³-hybridized carbons (Fsp3) is 0.478. The molecular weight excluding hydrogens is 387 g/mol. The van der Waals surface area contributed by atoms with Crippen LogP contribution in [0.5, 0.6) is 11.5 Å². The van der Waals surface area contributed by atoms with Crippen molar-refractivity contribution in [2.45, 2.75) is 71.6 Å². The van der Waals surface area contributed by atoms with Crippen LogP contribution in [0.4, 0.5) is 0 Å². The monoisotopic (exact) mass is 422 g/mol. The molecule has 0 fully saturated rings. The molecule has 6 heteroatoms. The molecule has 2 aromatic carbocycles. The van der Waals surface area contributed by atoms with E-state index in [9.17, 15) is 0 Å². The average molecular weight is 423 g/mol. The van der Waals surface area contributed by atoms with Crippen molar-refractivity contribution in [1.29, 1.82) is 0 Å². The molecule has 0 radical (unpaired) electrons. The van der Waals surface area contributed by atoms with Crippen LogP contribution in [0.2, 0.25) is 0 Å². The second kappa shape index (κ2) is 14.4. The molecule has 0 saturated carbocycles. The summed E-state index contributed by atoms with van der Waals surface area (Å²) >= 11 is 0. The standard InChI is InChI=1S/C23H32O.H3O4P/c1-3-4-5-6-7-8-9-11-14-21-19-20(2)17-18-23(21)24-22-15-12-10-13-16-22;1-5(2,3)4/h10,12-13,15-19H,3-9,11,14H2,1-2H3;(H3,1,2,3,4). The average Bonchev–Trinajstić information content (AvgIpc) is 2.65. The number of para-hydroxylation sites is 1. The van der Waals surface area contributed by atoms with Gasteiger partial charge in [-0.2, -0.15) is 0 Å². The van der Waals surface area contributed by atoms with Crippen LogP contribution in [-0.2, 0) is 11.0 Å². The van der Waals surface area contributed by atoms with Crippen LogP contribution >= 0.6 is 7.82 Å². The third-order valence-corrected chi connectivity index (χ3v) is 4.49. The Labute approximate surface area is 175 Å². The van der Waals surface area contributed by atoms with Crippen LogP contribution < -0.4 is 4.74 Å². The summed E-state index contributed by atoms with van der Waals surface area (Å²) in [5.74, 6) is 1.92. The summed E-state index contributed by atoms with van der Waals surface area (Å²) in [5, 5.41) is 0. The van der Waals surface area contributed by atoms with Crippen LogP contribution in [0, 0.1) is 6.92 Å². The van der Waals surface area contributed by atoms with Gasteiger partial charge in [0, 0.05) is 0 Å². The lowest BCUT2D eigenvalue weighted by Gasteiger charge is -2.12. The summed E-state index contributed by atoms with van der Waals surface area (Å²) < 4.78 is 15.0. The van der Waals surface area contributed by atoms with Crippen LogP contribution in [-0.4, -0.2) is 14.7 Å². The molecule has 0 saturated heterocycles. The molecule has 0 aliphatic carbocycles. The third-order valence-electron chi connectivity index (χ3n) is 4.49. The number of hydrogen-bond donors (Lipinski definition) is 3. The molecule has 2 rings (SSSR count). The van der Waals surface area contributed by atoms with E-state index in [1.54, 1.807) is 0 Å². The van der Waals surface area contributed by atoms with Gasteiger partial charge in [-0.1, -0.05) is 87.8 Å². The van der Waals surface area contributed by atoms with Gasteiger partial charge in [0.2, 0.25) is 0 Å². The zero-order chi connectivity index (χ0) is 21.5. The first-order chi connectivity index (χ1) is 13.8. The summed E-state index contributed by atoms with van der Waals surface area (Å²) in [6.07, 6.45) is 12.0. The highest BCUT2D eigenvalue weighted by Crippen LogP contribution is 2.28. The first-order valence-corrected chi connectivity index (χ1v) is 12.0. The SMILES string of the molecule is CCCCCCCCCCc1cc(C)ccc1Oc1ccccc1.O=P(O)(O)O. The Hall–Kier alpha value is -1.65. The molecule has 162 valence electrons. The van der Waals surface area contributed by atoms with E-state index in [2.05, 4.69) is 32.0 Å². The van der Waals surface area contributed by atoms with E-state index in [1.807, 2.05) is 30.3 Å². The van der Waals surface area contributed by atoms with E-state index >= 15 is 0 Å². The number of aryl methyl sites for hydroxylation is 2. The molecule has 0 aliphatic rings. The molecule has 29 heavy (non-hydrogen) atoms. The van der Waals surface area contributed by atoms with E-state index in [0.29, 0.717) is 0 Å². The Morgan fingerprint density at radius 2 is 1.38 bits per heavy atom. The van der Waals surface area contributed by atoms with Gasteiger partial charge < -0.3 is 19.4 Å². The van der Waals surface area contributed by atoms with E-state index in [-0.39, 0.29) is 0 Å². The second-order valence-corrected chi connectivity index (χ2v) is 8.29. The van der Waals surface area contributed by atoms with Crippen LogP contribution in [0.1, 0.15) is 69.4 Å². The smallest absolute Gasteiger partial charge is 0.457 e. The highest BCUT2D eigenvalue weighted by molar-refractivity contribution is 7.45. The zero-order valence-electron chi connectivity index (χ0n) is 17.6. The molecule has 0 spiro atoms. The van der Waals surface area contributed by atoms with Crippen LogP contribution in [0.25, 0.3) is 0 Å². The maximum atomic E-state index is 8.88. The van der Waals surface area contributed by atoms with E-state index in [0.717, 1.165) is 17.9 Å². The summed E-state index contributed by atoms with van der Waals surface area (Å²) in [7, 11) is -4.64. The van der Waals surface area contributed by atoms with Gasteiger partial charge in [-0.05, 0) is 43.5 Å². The lowest BCUT2D eigenvalue weighted by atomic mass is 10.0. The number of ether oxygens (including phenoxy) is 1. The third kappa shape index (κ3) is 14.0. The van der Waals surface area contributed by atoms with Gasteiger partial charge in [-0.15, -0.1) is 0 Å². The van der Waals surface area contributed by atoms with Gasteiger partial charge in [0.15, 0.2) is 0 Å². The van der Waals surface area contributed by atoms with Crippen molar-refractivity contribution in [2.24, 2.45) is 0 Å². The highest BCUT2D eigenvalue weighted by atomic mass is 31.2. The van der Waals surface area contributed by atoms with Gasteiger partial charge >= 0.3 is 7.82 Å². The number of hydrogen-bond acceptors (Lipinski definition) is 2. The van der Waals surface area contributed by atoms with Crippen molar-refractivity contribution in [3.63, 3.8) is 0 Å². The summed E-state index contributed by atoms with van der Waals surface area (Å²) in [6, 6.07) is 16.6. The Morgan fingerprint density at radius 3 is 1.97 bits per heavy atom. The van der Waals surface area contributed by atoms with Gasteiger partial charge in [-0.3, -0.25) is 0 Å². The van der Waals surface area contributed by atoms with Crippen molar-refractivity contribution in [3.8, 4) is 11.5 Å². The van der Waals surface area contributed by atoms with Gasteiger partial charge in [0.05, 0.1) is 0 Å².